The molecule has 1 aromatic rings. The van der Waals surface area contributed by atoms with Crippen LogP contribution in [0.25, 0.3) is 0 Å². The number of hydrogen-bond acceptors (Lipinski definition) is 3. The molecule has 0 aromatic heterocycles. The molecule has 4 heteroatoms. The number of hydrogen-bond donors (Lipinski definition) is 1. The summed E-state index contributed by atoms with van der Waals surface area (Å²) in [6.07, 6.45) is 1.61. The largest absolute Gasteiger partial charge is 0.449 e. The minimum Gasteiger partial charge on any atom is -0.449 e. The molecule has 1 amide bonds. The van der Waals surface area contributed by atoms with E-state index in [9.17, 15) is 4.79 Å². The highest BCUT2D eigenvalue weighted by atomic mass is 16.6. The summed E-state index contributed by atoms with van der Waals surface area (Å²) >= 11 is 0. The molecule has 4 nitrogen and oxygen atoms in total. The van der Waals surface area contributed by atoms with E-state index in [0.29, 0.717) is 25.0 Å². The number of amides is 1. The number of fused-ring (bicyclic) bond motifs is 1. The summed E-state index contributed by atoms with van der Waals surface area (Å²) in [7, 11) is 0. The molecule has 0 radical (unpaired) electrons. The molecular weight excluding hydrogens is 230 g/mol. The molecule has 0 saturated heterocycles. The van der Waals surface area contributed by atoms with E-state index in [1.165, 1.54) is 5.56 Å². The van der Waals surface area contributed by atoms with Crippen LogP contribution in [0.4, 0.5) is 10.5 Å². The van der Waals surface area contributed by atoms with Gasteiger partial charge in [-0.25, -0.2) is 4.79 Å². The second kappa shape index (κ2) is 4.61. The van der Waals surface area contributed by atoms with Crippen LogP contribution in [-0.2, 0) is 11.2 Å². The molecule has 18 heavy (non-hydrogen) atoms. The Morgan fingerprint density at radius 1 is 1.39 bits per heavy atom. The number of carbonyl (C=O) groups is 1. The van der Waals surface area contributed by atoms with Crippen LogP contribution in [-0.4, -0.2) is 31.0 Å². The fraction of sp³-hybridized carbons (Fsp3) is 0.500. The van der Waals surface area contributed by atoms with Crippen molar-refractivity contribution in [1.29, 1.82) is 0 Å². The third kappa shape index (κ3) is 2.08. The number of aliphatic hydroxyl groups is 1. The Labute approximate surface area is 106 Å². The monoisotopic (exact) mass is 247 g/mol. The number of aliphatic hydroxyl groups excluding tert-OH is 1. The lowest BCUT2D eigenvalue weighted by molar-refractivity contribution is 0.144. The number of carbonyl (C=O) groups excluding carboxylic acids is 1. The summed E-state index contributed by atoms with van der Waals surface area (Å²) in [5.41, 5.74) is 2.17. The summed E-state index contributed by atoms with van der Waals surface area (Å²) in [5, 5.41) is 8.93. The van der Waals surface area contributed by atoms with Crippen molar-refractivity contribution in [1.82, 2.24) is 0 Å². The fourth-order valence-corrected chi connectivity index (χ4v) is 2.52. The molecule has 1 fully saturated rings. The number of benzene rings is 1. The SMILES string of the molecule is O=C(OC[C@@H]1C[C@H]1CO)N1CCc2ccccc21. The number of para-hydroxylation sites is 1. The van der Waals surface area contributed by atoms with E-state index in [1.807, 2.05) is 24.3 Å². The van der Waals surface area contributed by atoms with Crippen LogP contribution in [0, 0.1) is 11.8 Å². The van der Waals surface area contributed by atoms with Crippen molar-refractivity contribution in [2.45, 2.75) is 12.8 Å². The van der Waals surface area contributed by atoms with Gasteiger partial charge in [0.05, 0.1) is 12.3 Å². The van der Waals surface area contributed by atoms with Gasteiger partial charge in [0, 0.05) is 13.2 Å². The van der Waals surface area contributed by atoms with Crippen LogP contribution in [0.15, 0.2) is 24.3 Å². The molecule has 1 aliphatic heterocycles. The topological polar surface area (TPSA) is 49.8 Å². The number of anilines is 1. The van der Waals surface area contributed by atoms with Crippen molar-refractivity contribution in [3.05, 3.63) is 29.8 Å². The van der Waals surface area contributed by atoms with Crippen molar-refractivity contribution in [2.24, 2.45) is 11.8 Å². The quantitative estimate of drug-likeness (QED) is 0.886. The average molecular weight is 247 g/mol. The van der Waals surface area contributed by atoms with E-state index in [4.69, 9.17) is 9.84 Å². The van der Waals surface area contributed by atoms with Gasteiger partial charge in [0.25, 0.3) is 0 Å². The Morgan fingerprint density at radius 3 is 3.00 bits per heavy atom. The van der Waals surface area contributed by atoms with Gasteiger partial charge < -0.3 is 9.84 Å². The van der Waals surface area contributed by atoms with Gasteiger partial charge in [0.1, 0.15) is 0 Å². The normalized spacial score (nSPS) is 24.8. The van der Waals surface area contributed by atoms with Crippen molar-refractivity contribution in [3.63, 3.8) is 0 Å². The van der Waals surface area contributed by atoms with Gasteiger partial charge in [0.15, 0.2) is 0 Å². The van der Waals surface area contributed by atoms with E-state index in [1.54, 1.807) is 4.90 Å². The second-order valence-corrected chi connectivity index (χ2v) is 5.05. The number of ether oxygens (including phenoxy) is 1. The molecule has 1 N–H and O–H groups in total. The second-order valence-electron chi connectivity index (χ2n) is 5.05. The summed E-state index contributed by atoms with van der Waals surface area (Å²) in [5.74, 6) is 0.695. The molecule has 1 heterocycles. The van der Waals surface area contributed by atoms with Gasteiger partial charge >= 0.3 is 6.09 Å². The maximum absolute atomic E-state index is 12.0. The Morgan fingerprint density at radius 2 is 2.22 bits per heavy atom. The standard InChI is InChI=1S/C14H17NO3/c16-8-11-7-12(11)9-18-14(17)15-6-5-10-3-1-2-4-13(10)15/h1-4,11-12,16H,5-9H2/t11-,12-/m0/s1. The smallest absolute Gasteiger partial charge is 0.414 e. The van der Waals surface area contributed by atoms with Crippen LogP contribution < -0.4 is 4.90 Å². The molecule has 1 saturated carbocycles. The first-order valence-corrected chi connectivity index (χ1v) is 6.42. The number of rotatable bonds is 3. The Balaban J connectivity index is 1.58. The maximum Gasteiger partial charge on any atom is 0.414 e. The van der Waals surface area contributed by atoms with Gasteiger partial charge in [0.2, 0.25) is 0 Å². The maximum atomic E-state index is 12.0. The molecule has 0 spiro atoms. The van der Waals surface area contributed by atoms with Crippen LogP contribution in [0.2, 0.25) is 0 Å². The summed E-state index contributed by atoms with van der Waals surface area (Å²) < 4.78 is 5.31. The predicted octanol–water partition coefficient (Wildman–Crippen LogP) is 1.81. The zero-order chi connectivity index (χ0) is 12.5. The van der Waals surface area contributed by atoms with Crippen LogP contribution >= 0.6 is 0 Å². The first kappa shape index (κ1) is 11.5. The molecule has 0 bridgehead atoms. The Bertz CT molecular complexity index is 460. The van der Waals surface area contributed by atoms with E-state index in [0.717, 1.165) is 18.5 Å². The van der Waals surface area contributed by atoms with Gasteiger partial charge in [-0.2, -0.15) is 0 Å². The Kier molecular flexibility index (Phi) is 2.96. The summed E-state index contributed by atoms with van der Waals surface area (Å²) in [6.45, 7) is 1.34. The molecule has 96 valence electrons. The van der Waals surface area contributed by atoms with Crippen molar-refractivity contribution >= 4 is 11.8 Å². The van der Waals surface area contributed by atoms with E-state index in [2.05, 4.69) is 0 Å². The molecule has 2 aliphatic rings. The van der Waals surface area contributed by atoms with E-state index in [-0.39, 0.29) is 12.7 Å². The highest BCUT2D eigenvalue weighted by molar-refractivity contribution is 5.90. The van der Waals surface area contributed by atoms with Crippen molar-refractivity contribution < 1.29 is 14.6 Å². The molecular formula is C14H17NO3. The summed E-state index contributed by atoms with van der Waals surface area (Å²) in [4.78, 5) is 13.7. The van der Waals surface area contributed by atoms with Gasteiger partial charge in [-0.1, -0.05) is 18.2 Å². The number of nitrogens with zero attached hydrogens (tertiary/aromatic N) is 1. The zero-order valence-corrected chi connectivity index (χ0v) is 10.2. The molecule has 2 atom stereocenters. The van der Waals surface area contributed by atoms with Gasteiger partial charge in [-0.3, -0.25) is 4.90 Å². The molecule has 0 unspecified atom stereocenters. The third-order valence-electron chi connectivity index (χ3n) is 3.83. The summed E-state index contributed by atoms with van der Waals surface area (Å²) in [6, 6.07) is 7.93. The minimum atomic E-state index is -0.261. The van der Waals surface area contributed by atoms with Crippen molar-refractivity contribution in [2.75, 3.05) is 24.7 Å². The predicted molar refractivity (Wildman–Crippen MR) is 67.5 cm³/mol. The Hall–Kier alpha value is -1.55. The molecule has 1 aliphatic carbocycles. The highest BCUT2D eigenvalue weighted by Gasteiger charge is 2.38. The minimum absolute atomic E-state index is 0.203. The lowest BCUT2D eigenvalue weighted by Crippen LogP contribution is -2.30. The van der Waals surface area contributed by atoms with Crippen LogP contribution in [0.1, 0.15) is 12.0 Å². The lowest BCUT2D eigenvalue weighted by atomic mass is 10.2. The molecule has 3 rings (SSSR count). The first-order valence-electron chi connectivity index (χ1n) is 6.42. The van der Waals surface area contributed by atoms with Crippen molar-refractivity contribution in [3.8, 4) is 0 Å². The third-order valence-corrected chi connectivity index (χ3v) is 3.83. The van der Waals surface area contributed by atoms with Gasteiger partial charge in [-0.15, -0.1) is 0 Å². The van der Waals surface area contributed by atoms with E-state index < -0.39 is 0 Å². The van der Waals surface area contributed by atoms with Crippen LogP contribution in [0.3, 0.4) is 0 Å². The zero-order valence-electron chi connectivity index (χ0n) is 10.2. The van der Waals surface area contributed by atoms with E-state index >= 15 is 0 Å². The molecule has 1 aromatic carbocycles. The average Bonchev–Trinajstić information content (AvgIpc) is 3.04. The van der Waals surface area contributed by atoms with Crippen LogP contribution in [0.5, 0.6) is 0 Å². The first-order chi connectivity index (χ1) is 8.79. The fourth-order valence-electron chi connectivity index (χ4n) is 2.52. The highest BCUT2D eigenvalue weighted by Crippen LogP contribution is 2.38. The lowest BCUT2D eigenvalue weighted by Gasteiger charge is -2.16. The van der Waals surface area contributed by atoms with Gasteiger partial charge in [-0.05, 0) is 36.3 Å².